The topological polar surface area (TPSA) is 45.8 Å². The number of rotatable bonds is 6. The lowest BCUT2D eigenvalue weighted by molar-refractivity contribution is -0.138. The van der Waals surface area contributed by atoms with Crippen LogP contribution in [0.1, 0.15) is 29.2 Å². The Bertz CT molecular complexity index is 1680. The Morgan fingerprint density at radius 2 is 1.68 bits per heavy atom. The van der Waals surface area contributed by atoms with Crippen molar-refractivity contribution in [2.24, 2.45) is 0 Å². The molecule has 0 radical (unpaired) electrons. The summed E-state index contributed by atoms with van der Waals surface area (Å²) in [5, 5.41) is 10.8. The third-order valence-electron chi connectivity index (χ3n) is 5.79. The summed E-state index contributed by atoms with van der Waals surface area (Å²) >= 11 is 2.03. The molecule has 0 fully saturated rings. The zero-order valence-corrected chi connectivity index (χ0v) is 21.9. The maximum Gasteiger partial charge on any atom is 0.417 e. The SMILES string of the molecule is CCSc1cc(-c2csc(-c3cc(C(F)(F)F)c(C#N)c(=O)n3Cc3ccc(F)cc3F)c2)cc(C(F)(F)F)c1. The number of thioether (sulfide) groups is 1. The van der Waals surface area contributed by atoms with Gasteiger partial charge in [-0.05, 0) is 58.7 Å². The van der Waals surface area contributed by atoms with Crippen molar-refractivity contribution < 1.29 is 35.1 Å². The van der Waals surface area contributed by atoms with Gasteiger partial charge in [0.2, 0.25) is 0 Å². The molecular formula is C27H16F8N2OS2. The smallest absolute Gasteiger partial charge is 0.302 e. The number of benzene rings is 2. The van der Waals surface area contributed by atoms with Gasteiger partial charge in [-0.2, -0.15) is 31.6 Å². The van der Waals surface area contributed by atoms with Crippen LogP contribution < -0.4 is 5.56 Å². The number of pyridine rings is 1. The number of thiophene rings is 1. The number of nitriles is 1. The van der Waals surface area contributed by atoms with E-state index >= 15 is 0 Å². The minimum absolute atomic E-state index is 0.0479. The molecule has 0 spiro atoms. The molecule has 0 saturated heterocycles. The van der Waals surface area contributed by atoms with Gasteiger partial charge in [-0.25, -0.2) is 8.78 Å². The molecule has 4 rings (SSSR count). The van der Waals surface area contributed by atoms with Crippen LogP contribution in [-0.2, 0) is 18.9 Å². The number of hydrogen-bond donors (Lipinski definition) is 0. The Labute approximate surface area is 230 Å². The average molecular weight is 601 g/mol. The predicted molar refractivity (Wildman–Crippen MR) is 136 cm³/mol. The van der Waals surface area contributed by atoms with Crippen LogP contribution in [0.4, 0.5) is 35.1 Å². The summed E-state index contributed by atoms with van der Waals surface area (Å²) < 4.78 is 111. The first-order valence-electron chi connectivity index (χ1n) is 11.4. The molecule has 0 aliphatic heterocycles. The normalized spacial score (nSPS) is 12.0. The quantitative estimate of drug-likeness (QED) is 0.165. The molecule has 2 aromatic heterocycles. The number of alkyl halides is 6. The molecule has 2 heterocycles. The summed E-state index contributed by atoms with van der Waals surface area (Å²) in [4.78, 5) is 13.5. The first-order valence-corrected chi connectivity index (χ1v) is 13.2. The van der Waals surface area contributed by atoms with E-state index in [1.165, 1.54) is 35.3 Å². The summed E-state index contributed by atoms with van der Waals surface area (Å²) in [7, 11) is 0. The number of halogens is 8. The van der Waals surface area contributed by atoms with Crippen molar-refractivity contribution >= 4 is 23.1 Å². The molecule has 208 valence electrons. The van der Waals surface area contributed by atoms with E-state index < -0.39 is 52.8 Å². The van der Waals surface area contributed by atoms with Gasteiger partial charge in [-0.15, -0.1) is 23.1 Å². The molecule has 0 saturated carbocycles. The van der Waals surface area contributed by atoms with Gasteiger partial charge in [-0.3, -0.25) is 4.79 Å². The average Bonchev–Trinajstić information content (AvgIpc) is 3.35. The molecule has 0 unspecified atom stereocenters. The van der Waals surface area contributed by atoms with Crippen molar-refractivity contribution in [3.05, 3.63) is 98.2 Å². The van der Waals surface area contributed by atoms with E-state index in [0.29, 0.717) is 22.8 Å². The monoisotopic (exact) mass is 600 g/mol. The van der Waals surface area contributed by atoms with Crippen LogP contribution in [0.15, 0.2) is 63.6 Å². The largest absolute Gasteiger partial charge is 0.417 e. The fourth-order valence-electron chi connectivity index (χ4n) is 3.96. The second kappa shape index (κ2) is 11.1. The Balaban J connectivity index is 1.93. The number of nitrogens with zero attached hydrogens (tertiary/aromatic N) is 2. The predicted octanol–water partition coefficient (Wildman–Crippen LogP) is 8.59. The van der Waals surface area contributed by atoms with E-state index in [1.807, 2.05) is 0 Å². The molecule has 0 aliphatic carbocycles. The van der Waals surface area contributed by atoms with Gasteiger partial charge in [0.1, 0.15) is 23.3 Å². The molecule has 0 N–H and O–H groups in total. The van der Waals surface area contributed by atoms with Gasteiger partial charge < -0.3 is 4.57 Å². The van der Waals surface area contributed by atoms with Crippen LogP contribution in [0.2, 0.25) is 0 Å². The maximum absolute atomic E-state index is 14.4. The fourth-order valence-corrected chi connectivity index (χ4v) is 5.66. The minimum Gasteiger partial charge on any atom is -0.302 e. The Morgan fingerprint density at radius 3 is 2.27 bits per heavy atom. The highest BCUT2D eigenvalue weighted by Gasteiger charge is 2.37. The first-order chi connectivity index (χ1) is 18.7. The third kappa shape index (κ3) is 6.08. The molecule has 40 heavy (non-hydrogen) atoms. The van der Waals surface area contributed by atoms with Gasteiger partial charge in [0.15, 0.2) is 0 Å². The Morgan fingerprint density at radius 1 is 0.950 bits per heavy atom. The molecule has 4 aromatic rings. The van der Waals surface area contributed by atoms with Crippen molar-refractivity contribution in [1.82, 2.24) is 4.57 Å². The van der Waals surface area contributed by atoms with Crippen LogP contribution in [-0.4, -0.2) is 10.3 Å². The fraction of sp³-hybridized carbons (Fsp3) is 0.185. The van der Waals surface area contributed by atoms with Gasteiger partial charge in [-0.1, -0.05) is 13.0 Å². The van der Waals surface area contributed by atoms with Crippen LogP contribution in [0, 0.1) is 23.0 Å². The van der Waals surface area contributed by atoms with E-state index in [9.17, 15) is 45.2 Å². The van der Waals surface area contributed by atoms with Crippen molar-refractivity contribution in [2.75, 3.05) is 5.75 Å². The van der Waals surface area contributed by atoms with Crippen LogP contribution in [0.25, 0.3) is 21.7 Å². The van der Waals surface area contributed by atoms with Crippen molar-refractivity contribution in [1.29, 1.82) is 5.26 Å². The molecule has 0 aliphatic rings. The highest BCUT2D eigenvalue weighted by Crippen LogP contribution is 2.40. The summed E-state index contributed by atoms with van der Waals surface area (Å²) in [5.41, 5.74) is -5.17. The number of aromatic nitrogens is 1. The Hall–Kier alpha value is -3.63. The van der Waals surface area contributed by atoms with E-state index in [-0.39, 0.29) is 27.3 Å². The van der Waals surface area contributed by atoms with Gasteiger partial charge in [0.25, 0.3) is 5.56 Å². The summed E-state index contributed by atoms with van der Waals surface area (Å²) in [6.07, 6.45) is -9.74. The minimum atomic E-state index is -5.09. The second-order valence-corrected chi connectivity index (χ2v) is 10.7. The van der Waals surface area contributed by atoms with Gasteiger partial charge in [0.05, 0.1) is 28.2 Å². The van der Waals surface area contributed by atoms with E-state index in [0.717, 1.165) is 40.2 Å². The lowest BCUT2D eigenvalue weighted by atomic mass is 10.0. The zero-order valence-electron chi connectivity index (χ0n) is 20.3. The van der Waals surface area contributed by atoms with Crippen LogP contribution >= 0.6 is 23.1 Å². The van der Waals surface area contributed by atoms with Gasteiger partial charge >= 0.3 is 12.4 Å². The molecule has 2 aromatic carbocycles. The summed E-state index contributed by atoms with van der Waals surface area (Å²) in [5.74, 6) is -1.48. The van der Waals surface area contributed by atoms with Crippen LogP contribution in [0.3, 0.4) is 0 Å². The highest BCUT2D eigenvalue weighted by atomic mass is 32.2. The maximum atomic E-state index is 14.4. The number of hydrogen-bond acceptors (Lipinski definition) is 4. The summed E-state index contributed by atoms with van der Waals surface area (Å²) in [6.45, 7) is 1.13. The van der Waals surface area contributed by atoms with Crippen LogP contribution in [0.5, 0.6) is 0 Å². The lowest BCUT2D eigenvalue weighted by Crippen LogP contribution is -2.28. The first kappa shape index (κ1) is 29.4. The molecule has 0 atom stereocenters. The third-order valence-corrected chi connectivity index (χ3v) is 7.60. The van der Waals surface area contributed by atoms with E-state index in [1.54, 1.807) is 6.92 Å². The van der Waals surface area contributed by atoms with Crippen molar-refractivity contribution in [3.63, 3.8) is 0 Å². The van der Waals surface area contributed by atoms with Crippen molar-refractivity contribution in [2.45, 2.75) is 30.7 Å². The molecule has 0 bridgehead atoms. The molecule has 0 amide bonds. The van der Waals surface area contributed by atoms with Crippen molar-refractivity contribution in [3.8, 4) is 27.8 Å². The van der Waals surface area contributed by atoms with E-state index in [4.69, 9.17) is 0 Å². The lowest BCUT2D eigenvalue weighted by Gasteiger charge is -2.17. The molecular weight excluding hydrogens is 584 g/mol. The molecule has 3 nitrogen and oxygen atoms in total. The Kier molecular flexibility index (Phi) is 8.14. The highest BCUT2D eigenvalue weighted by molar-refractivity contribution is 7.99. The second-order valence-electron chi connectivity index (χ2n) is 8.43. The standard InChI is InChI=1S/C27H16F8N2OS2/c1-2-39-19-6-15(5-17(8-19)26(30,31)32)16-7-24(40-13-16)23-10-21(27(33,34)35)20(11-36)25(38)37(23)12-14-3-4-18(28)9-22(14)29/h3-10,13H,2,12H2,1H3. The van der Waals surface area contributed by atoms with E-state index in [2.05, 4.69) is 0 Å². The molecule has 13 heteroatoms. The zero-order chi connectivity index (χ0) is 29.4. The van der Waals surface area contributed by atoms with Gasteiger partial charge in [0, 0.05) is 16.5 Å². The summed E-state index contributed by atoms with van der Waals surface area (Å²) in [6, 6.07) is 9.02.